The molecule has 11 nitrogen and oxygen atoms in total. The van der Waals surface area contributed by atoms with Crippen molar-refractivity contribution in [1.29, 1.82) is 0 Å². The second kappa shape index (κ2) is 11.7. The van der Waals surface area contributed by atoms with E-state index in [9.17, 15) is 4.79 Å². The molecule has 4 aromatic heterocycles. The monoisotopic (exact) mass is 589 g/mol. The van der Waals surface area contributed by atoms with Gasteiger partial charge in [0.2, 0.25) is 0 Å². The summed E-state index contributed by atoms with van der Waals surface area (Å²) in [4.78, 5) is 33.5. The Hall–Kier alpha value is -4.03. The van der Waals surface area contributed by atoms with E-state index < -0.39 is 19.8 Å². The van der Waals surface area contributed by atoms with E-state index in [1.54, 1.807) is 12.5 Å². The van der Waals surface area contributed by atoms with Crippen molar-refractivity contribution in [3.05, 3.63) is 48.5 Å². The molecule has 0 saturated heterocycles. The van der Waals surface area contributed by atoms with E-state index in [0.29, 0.717) is 66.3 Å². The van der Waals surface area contributed by atoms with Gasteiger partial charge < -0.3 is 19.5 Å². The van der Waals surface area contributed by atoms with E-state index in [4.69, 9.17) is 19.2 Å². The first-order valence-corrected chi connectivity index (χ1v) is 17.9. The van der Waals surface area contributed by atoms with Crippen molar-refractivity contribution >= 4 is 42.5 Å². The molecule has 0 unspecified atom stereocenters. The number of pyridine rings is 3. The number of fused-ring (bicyclic) bond motifs is 2. The first-order chi connectivity index (χ1) is 19.9. The Morgan fingerprint density at radius 2 is 1.90 bits per heavy atom. The Balaban J connectivity index is 1.52. The molecule has 1 aliphatic rings. The summed E-state index contributed by atoms with van der Waals surface area (Å²) in [5.74, 6) is 0.813. The van der Waals surface area contributed by atoms with Crippen molar-refractivity contribution < 1.29 is 19.0 Å². The number of anilines is 3. The number of rotatable bonds is 8. The number of amides is 1. The molecule has 1 aliphatic heterocycles. The molecule has 5 rings (SSSR count). The average molecular weight is 590 g/mol. The maximum Gasteiger partial charge on any atom is 0.416 e. The summed E-state index contributed by atoms with van der Waals surface area (Å²) < 4.78 is 19.7. The summed E-state index contributed by atoms with van der Waals surface area (Å²) in [6.07, 6.45) is 2.98. The lowest BCUT2D eigenvalue weighted by atomic mass is 10.1. The van der Waals surface area contributed by atoms with Crippen LogP contribution in [0.15, 0.2) is 42.9 Å². The Bertz CT molecular complexity index is 1590. The van der Waals surface area contributed by atoms with Crippen LogP contribution < -0.4 is 15.0 Å². The van der Waals surface area contributed by atoms with Gasteiger partial charge in [-0.25, -0.2) is 19.7 Å². The van der Waals surface area contributed by atoms with E-state index in [2.05, 4.69) is 39.9 Å². The lowest BCUT2D eigenvalue weighted by Crippen LogP contribution is -2.42. The van der Waals surface area contributed by atoms with Gasteiger partial charge in [-0.1, -0.05) is 25.7 Å². The zero-order valence-electron chi connectivity index (χ0n) is 25.4. The number of imidazole rings is 1. The van der Waals surface area contributed by atoms with Crippen LogP contribution in [0.25, 0.3) is 22.6 Å². The SMILES string of the molecule is Cc1cccc(-c2cc(Nc3ccnc4c3ncn4COCC[Si](C)(C)C)c3c(n2)N(C(=O)OC(C)(C)C)CCO3)n1. The normalized spacial score (nSPS) is 13.5. The molecule has 0 saturated carbocycles. The van der Waals surface area contributed by atoms with E-state index >= 15 is 0 Å². The molecule has 1 amide bonds. The third kappa shape index (κ3) is 6.88. The average Bonchev–Trinajstić information content (AvgIpc) is 3.33. The fraction of sp³-hybridized carbons (Fsp3) is 0.433. The summed E-state index contributed by atoms with van der Waals surface area (Å²) in [5, 5.41) is 3.49. The van der Waals surface area contributed by atoms with E-state index in [1.807, 2.05) is 62.6 Å². The molecule has 0 spiro atoms. The number of hydrogen-bond donors (Lipinski definition) is 1. The fourth-order valence-corrected chi connectivity index (χ4v) is 5.20. The minimum atomic E-state index is -1.18. The quantitative estimate of drug-likeness (QED) is 0.184. The molecule has 4 aromatic rings. The van der Waals surface area contributed by atoms with Crippen molar-refractivity contribution in [2.24, 2.45) is 0 Å². The number of nitrogens with one attached hydrogen (secondary N) is 1. The molecule has 12 heteroatoms. The van der Waals surface area contributed by atoms with Gasteiger partial charge in [0, 0.05) is 26.6 Å². The van der Waals surface area contributed by atoms with Crippen LogP contribution in [0, 0.1) is 6.92 Å². The molecular weight excluding hydrogens is 550 g/mol. The Kier molecular flexibility index (Phi) is 8.20. The van der Waals surface area contributed by atoms with Crippen LogP contribution >= 0.6 is 0 Å². The predicted octanol–water partition coefficient (Wildman–Crippen LogP) is 6.39. The van der Waals surface area contributed by atoms with Gasteiger partial charge in [0.15, 0.2) is 17.2 Å². The highest BCUT2D eigenvalue weighted by molar-refractivity contribution is 6.76. The number of aromatic nitrogens is 5. The summed E-state index contributed by atoms with van der Waals surface area (Å²) in [7, 11) is -1.18. The van der Waals surface area contributed by atoms with Gasteiger partial charge in [-0.15, -0.1) is 0 Å². The van der Waals surface area contributed by atoms with Crippen molar-refractivity contribution in [1.82, 2.24) is 24.5 Å². The van der Waals surface area contributed by atoms with E-state index in [1.165, 1.54) is 4.90 Å². The van der Waals surface area contributed by atoms with Gasteiger partial charge in [-0.2, -0.15) is 0 Å². The second-order valence-electron chi connectivity index (χ2n) is 12.6. The number of ether oxygens (including phenoxy) is 3. The third-order valence-electron chi connectivity index (χ3n) is 6.54. The zero-order chi connectivity index (χ0) is 30.1. The summed E-state index contributed by atoms with van der Waals surface area (Å²) in [6, 6.07) is 10.6. The van der Waals surface area contributed by atoms with Crippen LogP contribution in [0.5, 0.6) is 5.75 Å². The number of carbonyl (C=O) groups is 1. The van der Waals surface area contributed by atoms with Gasteiger partial charge in [0.05, 0.1) is 35.6 Å². The van der Waals surface area contributed by atoms with Gasteiger partial charge in [-0.05, 0) is 58.0 Å². The van der Waals surface area contributed by atoms with Gasteiger partial charge in [0.1, 0.15) is 24.5 Å². The van der Waals surface area contributed by atoms with Crippen molar-refractivity contribution in [2.75, 3.05) is 30.0 Å². The van der Waals surface area contributed by atoms with E-state index in [-0.39, 0.29) is 0 Å². The van der Waals surface area contributed by atoms with E-state index in [0.717, 1.165) is 17.4 Å². The number of carbonyl (C=O) groups excluding carboxylic acids is 1. The van der Waals surface area contributed by atoms with Crippen LogP contribution in [0.2, 0.25) is 25.7 Å². The molecule has 0 aromatic carbocycles. The maximum atomic E-state index is 13.2. The molecule has 222 valence electrons. The number of hydrogen-bond acceptors (Lipinski definition) is 9. The number of aryl methyl sites for hydroxylation is 1. The van der Waals surface area contributed by atoms with Gasteiger partial charge in [0.25, 0.3) is 0 Å². The van der Waals surface area contributed by atoms with Crippen molar-refractivity contribution in [3.8, 4) is 17.1 Å². The largest absolute Gasteiger partial charge is 0.486 e. The smallest absolute Gasteiger partial charge is 0.416 e. The standard InChI is InChI=1S/C30H39N7O4Si/c1-20-9-8-10-21(33-20)23-17-24(26-28(35-23)37(13-14-40-26)29(38)41-30(2,3)4)34-22-11-12-31-27-25(22)32-18-36(27)19-39-15-16-42(5,6)7/h8-12,17-18H,13-16,19H2,1-7H3,(H,31,34,35). The molecule has 1 N–H and O–H groups in total. The van der Waals surface area contributed by atoms with Crippen LogP contribution in [0.4, 0.5) is 22.0 Å². The molecule has 0 radical (unpaired) electrons. The topological polar surface area (TPSA) is 117 Å². The zero-order valence-corrected chi connectivity index (χ0v) is 26.4. The third-order valence-corrected chi connectivity index (χ3v) is 8.24. The molecule has 0 bridgehead atoms. The molecule has 42 heavy (non-hydrogen) atoms. The fourth-order valence-electron chi connectivity index (χ4n) is 4.44. The highest BCUT2D eigenvalue weighted by Gasteiger charge is 2.32. The lowest BCUT2D eigenvalue weighted by Gasteiger charge is -2.32. The molecule has 0 atom stereocenters. The van der Waals surface area contributed by atoms with Crippen LogP contribution in [-0.4, -0.2) is 64.0 Å². The first-order valence-electron chi connectivity index (χ1n) is 14.1. The van der Waals surface area contributed by atoms with Crippen LogP contribution in [0.1, 0.15) is 26.5 Å². The number of nitrogens with zero attached hydrogens (tertiary/aromatic N) is 6. The highest BCUT2D eigenvalue weighted by Crippen LogP contribution is 2.42. The first kappa shape index (κ1) is 29.5. The van der Waals surface area contributed by atoms with Gasteiger partial charge >= 0.3 is 6.09 Å². The second-order valence-corrected chi connectivity index (χ2v) is 18.2. The van der Waals surface area contributed by atoms with Crippen molar-refractivity contribution in [3.63, 3.8) is 0 Å². The molecule has 0 aliphatic carbocycles. The predicted molar refractivity (Wildman–Crippen MR) is 166 cm³/mol. The lowest BCUT2D eigenvalue weighted by molar-refractivity contribution is 0.0566. The Morgan fingerprint density at radius 3 is 2.64 bits per heavy atom. The molecule has 0 fully saturated rings. The minimum absolute atomic E-state index is 0.291. The van der Waals surface area contributed by atoms with Crippen LogP contribution in [0.3, 0.4) is 0 Å². The summed E-state index contributed by atoms with van der Waals surface area (Å²) in [6.45, 7) is 16.1. The molecular formula is C30H39N7O4Si. The van der Waals surface area contributed by atoms with Crippen LogP contribution in [-0.2, 0) is 16.2 Å². The van der Waals surface area contributed by atoms with Gasteiger partial charge in [-0.3, -0.25) is 14.5 Å². The summed E-state index contributed by atoms with van der Waals surface area (Å²) >= 11 is 0. The maximum absolute atomic E-state index is 13.2. The highest BCUT2D eigenvalue weighted by atomic mass is 28.3. The minimum Gasteiger partial charge on any atom is -0.486 e. The summed E-state index contributed by atoms with van der Waals surface area (Å²) in [5.41, 5.74) is 4.21. The Labute approximate surface area is 247 Å². The Morgan fingerprint density at radius 1 is 1.10 bits per heavy atom. The molecule has 5 heterocycles. The van der Waals surface area contributed by atoms with Crippen molar-refractivity contribution in [2.45, 2.75) is 65.7 Å².